The highest BCUT2D eigenvalue weighted by atomic mass is 35.5. The molecule has 11 heteroatoms. The molecular formula is C21H18ClF3N4O3. The second-order valence-corrected chi connectivity index (χ2v) is 7.23. The zero-order chi connectivity index (χ0) is 23.5. The van der Waals surface area contributed by atoms with Crippen molar-refractivity contribution < 1.29 is 18.0 Å². The number of amides is 1. The molecule has 7 nitrogen and oxygen atoms in total. The summed E-state index contributed by atoms with van der Waals surface area (Å²) >= 11 is 6.14. The first-order valence-electron chi connectivity index (χ1n) is 9.57. The summed E-state index contributed by atoms with van der Waals surface area (Å²) in [6.07, 6.45) is -3.97. The monoisotopic (exact) mass is 466 g/mol. The average Bonchev–Trinajstić information content (AvgIpc) is 2.76. The number of benzene rings is 2. The average molecular weight is 467 g/mol. The molecule has 0 fully saturated rings. The van der Waals surface area contributed by atoms with Gasteiger partial charge in [-0.2, -0.15) is 23.0 Å². The molecule has 168 valence electrons. The van der Waals surface area contributed by atoms with E-state index in [0.29, 0.717) is 17.0 Å². The van der Waals surface area contributed by atoms with Crippen molar-refractivity contribution in [2.75, 3.05) is 6.54 Å². The van der Waals surface area contributed by atoms with E-state index in [1.165, 1.54) is 0 Å². The topological polar surface area (TPSA) is 86.0 Å². The van der Waals surface area contributed by atoms with Gasteiger partial charge in [-0.15, -0.1) is 0 Å². The van der Waals surface area contributed by atoms with Crippen LogP contribution in [0.4, 0.5) is 13.2 Å². The summed E-state index contributed by atoms with van der Waals surface area (Å²) in [6, 6.07) is 10.2. The highest BCUT2D eigenvalue weighted by Gasteiger charge is 2.30. The first-order chi connectivity index (χ1) is 15.1. The Hall–Kier alpha value is -3.40. The van der Waals surface area contributed by atoms with Gasteiger partial charge < -0.3 is 5.32 Å². The van der Waals surface area contributed by atoms with Gasteiger partial charge in [0.15, 0.2) is 0 Å². The van der Waals surface area contributed by atoms with Crippen molar-refractivity contribution in [3.8, 4) is 5.69 Å². The number of alkyl halides is 3. The third kappa shape index (κ3) is 4.91. The number of hydrogen-bond donors (Lipinski definition) is 1. The molecule has 0 aliphatic heterocycles. The molecule has 3 rings (SSSR count). The van der Waals surface area contributed by atoms with E-state index in [4.69, 9.17) is 11.6 Å². The van der Waals surface area contributed by atoms with Gasteiger partial charge in [0, 0.05) is 11.6 Å². The zero-order valence-corrected chi connectivity index (χ0v) is 17.6. The summed E-state index contributed by atoms with van der Waals surface area (Å²) in [4.78, 5) is 38.5. The van der Waals surface area contributed by atoms with Crippen molar-refractivity contribution in [3.05, 3.63) is 91.2 Å². The maximum atomic E-state index is 13.0. The standard InChI is InChI=1S/C21H18ClF3N4O3/c1-2-11-26-18(30)17-19(31)28(12-13-5-3-4-6-16(13)22)20(32)29(27-17)15-9-7-14(8-10-15)21(23,24)25/h3-10H,2,11-12H2,1H3,(H,26,30). The van der Waals surface area contributed by atoms with Gasteiger partial charge in [-0.3, -0.25) is 14.2 Å². The lowest BCUT2D eigenvalue weighted by Gasteiger charge is -2.13. The molecule has 0 aliphatic rings. The van der Waals surface area contributed by atoms with E-state index in [2.05, 4.69) is 10.4 Å². The number of hydrogen-bond acceptors (Lipinski definition) is 4. The molecule has 0 atom stereocenters. The molecule has 3 aromatic rings. The molecule has 0 bridgehead atoms. The molecule has 1 aromatic heterocycles. The Kier molecular flexibility index (Phi) is 6.83. The Balaban J connectivity index is 2.18. The minimum atomic E-state index is -4.56. The number of carbonyl (C=O) groups excluding carboxylic acids is 1. The van der Waals surface area contributed by atoms with Crippen LogP contribution in [0, 0.1) is 0 Å². The third-order valence-corrected chi connectivity index (χ3v) is 4.90. The Morgan fingerprint density at radius 3 is 2.34 bits per heavy atom. The van der Waals surface area contributed by atoms with Crippen LogP contribution >= 0.6 is 11.6 Å². The van der Waals surface area contributed by atoms with Crippen LogP contribution in [0.5, 0.6) is 0 Å². The molecule has 2 aromatic carbocycles. The molecule has 0 radical (unpaired) electrons. The van der Waals surface area contributed by atoms with E-state index in [1.807, 2.05) is 6.92 Å². The lowest BCUT2D eigenvalue weighted by molar-refractivity contribution is -0.137. The van der Waals surface area contributed by atoms with E-state index < -0.39 is 34.6 Å². The number of nitrogens with zero attached hydrogens (tertiary/aromatic N) is 3. The maximum Gasteiger partial charge on any atom is 0.416 e. The molecule has 32 heavy (non-hydrogen) atoms. The van der Waals surface area contributed by atoms with Crippen LogP contribution in [-0.4, -0.2) is 26.8 Å². The Morgan fingerprint density at radius 2 is 1.75 bits per heavy atom. The molecule has 0 spiro atoms. The number of halogens is 4. The van der Waals surface area contributed by atoms with Crippen LogP contribution in [0.3, 0.4) is 0 Å². The van der Waals surface area contributed by atoms with Gasteiger partial charge in [-0.1, -0.05) is 36.7 Å². The van der Waals surface area contributed by atoms with E-state index in [0.717, 1.165) is 33.5 Å². The Bertz CT molecular complexity index is 1250. The summed E-state index contributed by atoms with van der Waals surface area (Å²) in [5.74, 6) is -0.801. The fraction of sp³-hybridized carbons (Fsp3) is 0.238. The Labute approximate surface area is 185 Å². The number of nitrogens with one attached hydrogen (secondary N) is 1. The minimum absolute atomic E-state index is 0.0412. The van der Waals surface area contributed by atoms with E-state index in [-0.39, 0.29) is 18.8 Å². The summed E-state index contributed by atoms with van der Waals surface area (Å²) in [6.45, 7) is 1.82. The molecule has 1 amide bonds. The van der Waals surface area contributed by atoms with Crippen LogP contribution in [0.25, 0.3) is 5.69 Å². The zero-order valence-electron chi connectivity index (χ0n) is 16.8. The lowest BCUT2D eigenvalue weighted by atomic mass is 10.2. The quantitative estimate of drug-likeness (QED) is 0.604. The van der Waals surface area contributed by atoms with Crippen LogP contribution in [0.2, 0.25) is 5.02 Å². The SMILES string of the molecule is CCCNC(=O)c1nn(-c2ccc(C(F)(F)F)cc2)c(=O)n(Cc2ccccc2Cl)c1=O. The second kappa shape index (κ2) is 9.39. The predicted octanol–water partition coefficient (Wildman–Crippen LogP) is 3.25. The largest absolute Gasteiger partial charge is 0.416 e. The number of aromatic nitrogens is 3. The molecule has 1 N–H and O–H groups in total. The maximum absolute atomic E-state index is 13.0. The summed E-state index contributed by atoms with van der Waals surface area (Å²) in [7, 11) is 0. The van der Waals surface area contributed by atoms with Crippen molar-refractivity contribution in [2.45, 2.75) is 26.1 Å². The fourth-order valence-corrected chi connectivity index (χ4v) is 3.07. The summed E-state index contributed by atoms with van der Waals surface area (Å²) in [5, 5.41) is 6.67. The van der Waals surface area contributed by atoms with Crippen molar-refractivity contribution >= 4 is 17.5 Å². The van der Waals surface area contributed by atoms with E-state index in [1.54, 1.807) is 24.3 Å². The first-order valence-corrected chi connectivity index (χ1v) is 9.94. The smallest absolute Gasteiger partial charge is 0.350 e. The summed E-state index contributed by atoms with van der Waals surface area (Å²) < 4.78 is 40.2. The van der Waals surface area contributed by atoms with Crippen LogP contribution < -0.4 is 16.6 Å². The van der Waals surface area contributed by atoms with Crippen molar-refractivity contribution in [2.24, 2.45) is 0 Å². The molecule has 0 unspecified atom stereocenters. The molecule has 0 saturated carbocycles. The van der Waals surface area contributed by atoms with Gasteiger partial charge in [0.25, 0.3) is 11.5 Å². The van der Waals surface area contributed by atoms with Gasteiger partial charge in [0.2, 0.25) is 5.69 Å². The molecule has 1 heterocycles. The summed E-state index contributed by atoms with van der Waals surface area (Å²) in [5.41, 5.74) is -2.95. The van der Waals surface area contributed by atoms with E-state index >= 15 is 0 Å². The van der Waals surface area contributed by atoms with Gasteiger partial charge >= 0.3 is 11.9 Å². The van der Waals surface area contributed by atoms with Crippen LogP contribution in [0.15, 0.2) is 58.1 Å². The van der Waals surface area contributed by atoms with Crippen LogP contribution in [-0.2, 0) is 12.7 Å². The molecular weight excluding hydrogens is 449 g/mol. The molecule has 0 aliphatic carbocycles. The van der Waals surface area contributed by atoms with Gasteiger partial charge in [-0.05, 0) is 42.3 Å². The second-order valence-electron chi connectivity index (χ2n) is 6.83. The van der Waals surface area contributed by atoms with E-state index in [9.17, 15) is 27.6 Å². The van der Waals surface area contributed by atoms with Crippen molar-refractivity contribution in [1.29, 1.82) is 0 Å². The van der Waals surface area contributed by atoms with Crippen LogP contribution in [0.1, 0.15) is 35.0 Å². The highest BCUT2D eigenvalue weighted by molar-refractivity contribution is 6.31. The lowest BCUT2D eigenvalue weighted by Crippen LogP contribution is -2.46. The van der Waals surface area contributed by atoms with Crippen molar-refractivity contribution in [3.63, 3.8) is 0 Å². The van der Waals surface area contributed by atoms with Gasteiger partial charge in [0.05, 0.1) is 17.8 Å². The van der Waals surface area contributed by atoms with Crippen molar-refractivity contribution in [1.82, 2.24) is 19.7 Å². The van der Waals surface area contributed by atoms with Gasteiger partial charge in [-0.25, -0.2) is 4.79 Å². The third-order valence-electron chi connectivity index (χ3n) is 4.54. The highest BCUT2D eigenvalue weighted by Crippen LogP contribution is 2.29. The Morgan fingerprint density at radius 1 is 1.09 bits per heavy atom. The number of rotatable bonds is 6. The fourth-order valence-electron chi connectivity index (χ4n) is 2.88. The normalized spacial score (nSPS) is 11.4. The molecule has 0 saturated heterocycles. The van der Waals surface area contributed by atoms with Gasteiger partial charge in [0.1, 0.15) is 0 Å². The predicted molar refractivity (Wildman–Crippen MR) is 112 cm³/mol. The number of carbonyl (C=O) groups is 1. The minimum Gasteiger partial charge on any atom is -0.350 e. The first kappa shape index (κ1) is 23.3.